The first-order valence-electron chi connectivity index (χ1n) is 7.19. The largest absolute Gasteiger partial charge is 0.504 e. The van der Waals surface area contributed by atoms with Crippen LogP contribution in [-0.2, 0) is 0 Å². The molecule has 0 saturated heterocycles. The number of phenols is 3. The molecule has 0 aliphatic carbocycles. The van der Waals surface area contributed by atoms with Crippen molar-refractivity contribution in [2.45, 2.75) is 6.92 Å². The number of aryl methyl sites for hydroxylation is 1. The standard InChI is InChI=1S/C17H18N2O6/c1-9-6-10(16(25-3)13(7-9)24-2)8-18-19-17(23)11-4-5-12(20)15(22)14(11)21/h4-8,20-22H,1-3H3,(H,19,23)/b18-8+. The lowest BCUT2D eigenvalue weighted by molar-refractivity contribution is 0.0951. The molecular weight excluding hydrogens is 328 g/mol. The van der Waals surface area contributed by atoms with Gasteiger partial charge in [0.25, 0.3) is 5.91 Å². The van der Waals surface area contributed by atoms with E-state index in [4.69, 9.17) is 9.47 Å². The number of rotatable bonds is 5. The zero-order valence-corrected chi connectivity index (χ0v) is 13.9. The van der Waals surface area contributed by atoms with Crippen molar-refractivity contribution in [3.8, 4) is 28.7 Å². The van der Waals surface area contributed by atoms with Gasteiger partial charge >= 0.3 is 0 Å². The molecule has 2 aromatic carbocycles. The van der Waals surface area contributed by atoms with Crippen molar-refractivity contribution in [1.82, 2.24) is 5.43 Å². The number of phenolic OH excluding ortho intramolecular Hbond substituents is 3. The first-order valence-corrected chi connectivity index (χ1v) is 7.19. The van der Waals surface area contributed by atoms with E-state index in [2.05, 4.69) is 10.5 Å². The van der Waals surface area contributed by atoms with Gasteiger partial charge in [0.2, 0.25) is 5.75 Å². The minimum Gasteiger partial charge on any atom is -0.504 e. The fourth-order valence-corrected chi connectivity index (χ4v) is 2.21. The number of carbonyl (C=O) groups excluding carboxylic acids is 1. The van der Waals surface area contributed by atoms with Crippen LogP contribution in [0, 0.1) is 6.92 Å². The Morgan fingerprint density at radius 1 is 1.12 bits per heavy atom. The Morgan fingerprint density at radius 2 is 1.84 bits per heavy atom. The number of methoxy groups -OCH3 is 2. The van der Waals surface area contributed by atoms with E-state index in [1.165, 1.54) is 20.4 Å². The van der Waals surface area contributed by atoms with Gasteiger partial charge in [-0.1, -0.05) is 0 Å². The highest BCUT2D eigenvalue weighted by atomic mass is 16.5. The molecule has 0 unspecified atom stereocenters. The van der Waals surface area contributed by atoms with E-state index in [0.29, 0.717) is 17.1 Å². The molecule has 0 saturated carbocycles. The van der Waals surface area contributed by atoms with Crippen LogP contribution in [0.5, 0.6) is 28.7 Å². The average molecular weight is 346 g/mol. The lowest BCUT2D eigenvalue weighted by Crippen LogP contribution is -2.17. The van der Waals surface area contributed by atoms with Crippen LogP contribution in [0.25, 0.3) is 0 Å². The van der Waals surface area contributed by atoms with Gasteiger partial charge in [0.05, 0.1) is 26.0 Å². The SMILES string of the molecule is COc1cc(C)cc(/C=N/NC(=O)c2ccc(O)c(O)c2O)c1OC. The van der Waals surface area contributed by atoms with Crippen molar-refractivity contribution < 1.29 is 29.6 Å². The number of nitrogens with one attached hydrogen (secondary N) is 1. The van der Waals surface area contributed by atoms with Crippen LogP contribution in [0.3, 0.4) is 0 Å². The number of benzene rings is 2. The summed E-state index contributed by atoms with van der Waals surface area (Å²) in [6.07, 6.45) is 1.36. The second kappa shape index (κ2) is 7.43. The fourth-order valence-electron chi connectivity index (χ4n) is 2.21. The summed E-state index contributed by atoms with van der Waals surface area (Å²) in [6.45, 7) is 1.87. The van der Waals surface area contributed by atoms with Crippen LogP contribution in [0.15, 0.2) is 29.4 Å². The number of nitrogens with zero attached hydrogens (tertiary/aromatic N) is 1. The average Bonchev–Trinajstić information content (AvgIpc) is 2.59. The Labute approximate surface area is 143 Å². The molecule has 2 rings (SSSR count). The first-order chi connectivity index (χ1) is 11.9. The molecule has 0 aliphatic heterocycles. The number of hydrogen-bond donors (Lipinski definition) is 4. The number of ether oxygens (including phenoxy) is 2. The summed E-state index contributed by atoms with van der Waals surface area (Å²) in [4.78, 5) is 12.0. The van der Waals surface area contributed by atoms with Crippen molar-refractivity contribution in [2.75, 3.05) is 14.2 Å². The van der Waals surface area contributed by atoms with E-state index in [9.17, 15) is 20.1 Å². The molecule has 132 valence electrons. The minimum absolute atomic E-state index is 0.235. The lowest BCUT2D eigenvalue weighted by atomic mass is 10.1. The van der Waals surface area contributed by atoms with Crippen LogP contribution in [0.1, 0.15) is 21.5 Å². The molecule has 8 nitrogen and oxygen atoms in total. The third kappa shape index (κ3) is 3.74. The van der Waals surface area contributed by atoms with Crippen molar-refractivity contribution >= 4 is 12.1 Å². The molecule has 0 aromatic heterocycles. The Morgan fingerprint density at radius 3 is 2.48 bits per heavy atom. The molecule has 1 amide bonds. The van der Waals surface area contributed by atoms with Gasteiger partial charge in [0, 0.05) is 5.56 Å². The van der Waals surface area contributed by atoms with Gasteiger partial charge in [-0.05, 0) is 36.8 Å². The van der Waals surface area contributed by atoms with Crippen molar-refractivity contribution in [3.05, 3.63) is 41.0 Å². The number of aromatic hydroxyl groups is 3. The van der Waals surface area contributed by atoms with Crippen LogP contribution >= 0.6 is 0 Å². The molecule has 0 radical (unpaired) electrons. The zero-order valence-electron chi connectivity index (χ0n) is 13.9. The van der Waals surface area contributed by atoms with E-state index in [1.54, 1.807) is 12.1 Å². The highest BCUT2D eigenvalue weighted by molar-refractivity contribution is 5.98. The molecule has 4 N–H and O–H groups in total. The Balaban J connectivity index is 2.23. The highest BCUT2D eigenvalue weighted by Crippen LogP contribution is 2.37. The Kier molecular flexibility index (Phi) is 5.33. The topological polar surface area (TPSA) is 121 Å². The molecule has 2 aromatic rings. The smallest absolute Gasteiger partial charge is 0.275 e. The van der Waals surface area contributed by atoms with E-state index in [1.807, 2.05) is 6.92 Å². The van der Waals surface area contributed by atoms with E-state index < -0.39 is 23.2 Å². The summed E-state index contributed by atoms with van der Waals surface area (Å²) in [7, 11) is 3.00. The lowest BCUT2D eigenvalue weighted by Gasteiger charge is -2.11. The monoisotopic (exact) mass is 346 g/mol. The maximum absolute atomic E-state index is 12.0. The molecule has 8 heteroatoms. The minimum atomic E-state index is -0.776. The number of amides is 1. The second-order valence-corrected chi connectivity index (χ2v) is 5.12. The summed E-state index contributed by atoms with van der Waals surface area (Å²) >= 11 is 0. The Bertz CT molecular complexity index is 832. The summed E-state index contributed by atoms with van der Waals surface area (Å²) in [6, 6.07) is 5.83. The van der Waals surface area contributed by atoms with Gasteiger partial charge in [0.15, 0.2) is 23.0 Å². The van der Waals surface area contributed by atoms with E-state index >= 15 is 0 Å². The Hall–Kier alpha value is -3.42. The number of carbonyl (C=O) groups is 1. The predicted molar refractivity (Wildman–Crippen MR) is 90.8 cm³/mol. The van der Waals surface area contributed by atoms with Crippen LogP contribution in [0.4, 0.5) is 0 Å². The molecule has 0 aliphatic rings. The molecule has 0 bridgehead atoms. The second-order valence-electron chi connectivity index (χ2n) is 5.12. The quantitative estimate of drug-likeness (QED) is 0.373. The van der Waals surface area contributed by atoms with Gasteiger partial charge in [-0.2, -0.15) is 5.10 Å². The van der Waals surface area contributed by atoms with Gasteiger partial charge in [-0.3, -0.25) is 4.79 Å². The van der Waals surface area contributed by atoms with Crippen molar-refractivity contribution in [2.24, 2.45) is 5.10 Å². The van der Waals surface area contributed by atoms with E-state index in [-0.39, 0.29) is 5.56 Å². The zero-order chi connectivity index (χ0) is 18.6. The molecule has 0 fully saturated rings. The van der Waals surface area contributed by atoms with Crippen LogP contribution < -0.4 is 14.9 Å². The maximum atomic E-state index is 12.0. The van der Waals surface area contributed by atoms with E-state index in [0.717, 1.165) is 17.7 Å². The fraction of sp³-hybridized carbons (Fsp3) is 0.176. The first kappa shape index (κ1) is 17.9. The third-order valence-corrected chi connectivity index (χ3v) is 3.40. The van der Waals surface area contributed by atoms with Gasteiger partial charge in [-0.15, -0.1) is 0 Å². The van der Waals surface area contributed by atoms with Gasteiger partial charge in [0.1, 0.15) is 0 Å². The molecule has 0 spiro atoms. The van der Waals surface area contributed by atoms with Crippen molar-refractivity contribution in [3.63, 3.8) is 0 Å². The third-order valence-electron chi connectivity index (χ3n) is 3.40. The molecule has 0 atom stereocenters. The summed E-state index contributed by atoms with van der Waals surface area (Å²) in [5.41, 5.74) is 3.48. The van der Waals surface area contributed by atoms with Crippen molar-refractivity contribution in [1.29, 1.82) is 0 Å². The normalized spacial score (nSPS) is 10.7. The van der Waals surface area contributed by atoms with Crippen LogP contribution in [-0.4, -0.2) is 41.7 Å². The summed E-state index contributed by atoms with van der Waals surface area (Å²) in [5, 5.41) is 32.2. The number of hydrazone groups is 1. The summed E-state index contributed by atoms with van der Waals surface area (Å²) in [5.74, 6) is -1.83. The predicted octanol–water partition coefficient (Wildman–Crippen LogP) is 1.89. The molecule has 0 heterocycles. The molecule has 25 heavy (non-hydrogen) atoms. The van der Waals surface area contributed by atoms with Gasteiger partial charge in [-0.25, -0.2) is 5.43 Å². The van der Waals surface area contributed by atoms with Gasteiger partial charge < -0.3 is 24.8 Å². The maximum Gasteiger partial charge on any atom is 0.275 e. The molecular formula is C17H18N2O6. The van der Waals surface area contributed by atoms with Crippen LogP contribution in [0.2, 0.25) is 0 Å². The number of hydrogen-bond acceptors (Lipinski definition) is 7. The summed E-state index contributed by atoms with van der Waals surface area (Å²) < 4.78 is 10.5. The highest BCUT2D eigenvalue weighted by Gasteiger charge is 2.17.